The molecule has 19 heavy (non-hydrogen) atoms. The Balaban J connectivity index is 2.13. The summed E-state index contributed by atoms with van der Waals surface area (Å²) < 4.78 is 5.14. The van der Waals surface area contributed by atoms with Crippen molar-refractivity contribution in [1.82, 2.24) is 4.90 Å². The Labute approximate surface area is 115 Å². The fourth-order valence-corrected chi connectivity index (χ4v) is 2.92. The van der Waals surface area contributed by atoms with E-state index in [1.54, 1.807) is 7.11 Å². The van der Waals surface area contributed by atoms with Crippen LogP contribution in [0.2, 0.25) is 0 Å². The van der Waals surface area contributed by atoms with Crippen molar-refractivity contribution in [1.29, 1.82) is 0 Å². The molecule has 0 aromatic heterocycles. The van der Waals surface area contributed by atoms with Gasteiger partial charge in [-0.2, -0.15) is 0 Å². The monoisotopic (exact) mass is 261 g/mol. The van der Waals surface area contributed by atoms with Crippen molar-refractivity contribution < 1.29 is 9.53 Å². The summed E-state index contributed by atoms with van der Waals surface area (Å²) in [7, 11) is 1.71. The first kappa shape index (κ1) is 14.1. The van der Waals surface area contributed by atoms with E-state index in [2.05, 4.69) is 6.07 Å². The number of rotatable bonds is 4. The minimum atomic E-state index is 0.172. The highest BCUT2D eigenvalue weighted by molar-refractivity contribution is 5.95. The standard InChI is InChI=1S/C16H23NO2/c1-12-9-13(2)11-14(10-12)16(18)17-7-4-5-15(17)6-8-19-3/h9-11,15H,4-8H2,1-3H3. The van der Waals surface area contributed by atoms with Gasteiger partial charge < -0.3 is 9.64 Å². The molecule has 1 saturated heterocycles. The van der Waals surface area contributed by atoms with Crippen LogP contribution in [0.15, 0.2) is 18.2 Å². The fraction of sp³-hybridized carbons (Fsp3) is 0.562. The number of hydrogen-bond acceptors (Lipinski definition) is 2. The lowest BCUT2D eigenvalue weighted by Crippen LogP contribution is -2.36. The van der Waals surface area contributed by atoms with Gasteiger partial charge in [0.15, 0.2) is 0 Å². The molecule has 3 heteroatoms. The summed E-state index contributed by atoms with van der Waals surface area (Å²) in [6, 6.07) is 6.42. The highest BCUT2D eigenvalue weighted by Crippen LogP contribution is 2.23. The zero-order valence-electron chi connectivity index (χ0n) is 12.1. The molecule has 1 aliphatic rings. The SMILES string of the molecule is COCCC1CCCN1C(=O)c1cc(C)cc(C)c1. The molecule has 1 aromatic rings. The molecule has 1 amide bonds. The summed E-state index contributed by atoms with van der Waals surface area (Å²) in [6.07, 6.45) is 3.14. The number of benzene rings is 1. The Bertz CT molecular complexity index is 436. The third-order valence-electron chi connectivity index (χ3n) is 3.76. The van der Waals surface area contributed by atoms with Crippen molar-refractivity contribution >= 4 is 5.91 Å². The third kappa shape index (κ3) is 3.35. The topological polar surface area (TPSA) is 29.5 Å². The molecule has 0 spiro atoms. The van der Waals surface area contributed by atoms with Gasteiger partial charge in [0, 0.05) is 31.9 Å². The van der Waals surface area contributed by atoms with Crippen LogP contribution in [0.4, 0.5) is 0 Å². The van der Waals surface area contributed by atoms with Crippen LogP contribution in [0.5, 0.6) is 0 Å². The van der Waals surface area contributed by atoms with Gasteiger partial charge in [-0.25, -0.2) is 0 Å². The van der Waals surface area contributed by atoms with Gasteiger partial charge in [0.25, 0.3) is 5.91 Å². The Kier molecular flexibility index (Phi) is 4.59. The quantitative estimate of drug-likeness (QED) is 0.834. The predicted octanol–water partition coefficient (Wildman–Crippen LogP) is 2.94. The van der Waals surface area contributed by atoms with E-state index >= 15 is 0 Å². The van der Waals surface area contributed by atoms with Crippen molar-refractivity contribution in [3.63, 3.8) is 0 Å². The molecule has 1 unspecified atom stereocenters. The van der Waals surface area contributed by atoms with Crippen molar-refractivity contribution in [3.05, 3.63) is 34.9 Å². The second-order valence-corrected chi connectivity index (χ2v) is 5.45. The van der Waals surface area contributed by atoms with Gasteiger partial charge in [0.1, 0.15) is 0 Å². The third-order valence-corrected chi connectivity index (χ3v) is 3.76. The zero-order valence-corrected chi connectivity index (χ0v) is 12.1. The van der Waals surface area contributed by atoms with Crippen LogP contribution in [-0.4, -0.2) is 37.1 Å². The molecule has 0 saturated carbocycles. The first-order valence-electron chi connectivity index (χ1n) is 7.00. The highest BCUT2D eigenvalue weighted by Gasteiger charge is 2.29. The molecular formula is C16H23NO2. The Morgan fingerprint density at radius 2 is 2.00 bits per heavy atom. The molecule has 1 heterocycles. The van der Waals surface area contributed by atoms with Crippen LogP contribution < -0.4 is 0 Å². The second kappa shape index (κ2) is 6.20. The number of carbonyl (C=O) groups excluding carboxylic acids is 1. The molecule has 1 aromatic carbocycles. The fourth-order valence-electron chi connectivity index (χ4n) is 2.92. The maximum absolute atomic E-state index is 12.6. The van der Waals surface area contributed by atoms with E-state index in [1.807, 2.05) is 30.9 Å². The minimum Gasteiger partial charge on any atom is -0.385 e. The molecule has 0 radical (unpaired) electrons. The van der Waals surface area contributed by atoms with Gasteiger partial charge in [-0.05, 0) is 45.2 Å². The van der Waals surface area contributed by atoms with Gasteiger partial charge in [0.2, 0.25) is 0 Å². The van der Waals surface area contributed by atoms with Gasteiger partial charge in [0.05, 0.1) is 0 Å². The van der Waals surface area contributed by atoms with E-state index < -0.39 is 0 Å². The van der Waals surface area contributed by atoms with Gasteiger partial charge in [-0.3, -0.25) is 4.79 Å². The van der Waals surface area contributed by atoms with E-state index in [4.69, 9.17) is 4.74 Å². The van der Waals surface area contributed by atoms with E-state index in [9.17, 15) is 4.79 Å². The van der Waals surface area contributed by atoms with Crippen LogP contribution >= 0.6 is 0 Å². The minimum absolute atomic E-state index is 0.172. The number of hydrogen-bond donors (Lipinski definition) is 0. The zero-order chi connectivity index (χ0) is 13.8. The molecule has 2 rings (SSSR count). The maximum Gasteiger partial charge on any atom is 0.254 e. The molecular weight excluding hydrogens is 238 g/mol. The Morgan fingerprint density at radius 1 is 1.32 bits per heavy atom. The first-order valence-corrected chi connectivity index (χ1v) is 7.00. The maximum atomic E-state index is 12.6. The highest BCUT2D eigenvalue weighted by atomic mass is 16.5. The first-order chi connectivity index (χ1) is 9.11. The average Bonchev–Trinajstić information content (AvgIpc) is 2.82. The van der Waals surface area contributed by atoms with Crippen LogP contribution in [0.25, 0.3) is 0 Å². The molecule has 0 N–H and O–H groups in total. The summed E-state index contributed by atoms with van der Waals surface area (Å²) in [4.78, 5) is 14.6. The summed E-state index contributed by atoms with van der Waals surface area (Å²) in [5, 5.41) is 0. The largest absolute Gasteiger partial charge is 0.385 e. The predicted molar refractivity (Wildman–Crippen MR) is 76.5 cm³/mol. The lowest BCUT2D eigenvalue weighted by Gasteiger charge is -2.25. The number of methoxy groups -OCH3 is 1. The molecule has 3 nitrogen and oxygen atoms in total. The average molecular weight is 261 g/mol. The van der Waals surface area contributed by atoms with Crippen molar-refractivity contribution in [3.8, 4) is 0 Å². The van der Waals surface area contributed by atoms with Gasteiger partial charge in [-0.15, -0.1) is 0 Å². The molecule has 1 fully saturated rings. The summed E-state index contributed by atoms with van der Waals surface area (Å²) >= 11 is 0. The summed E-state index contributed by atoms with van der Waals surface area (Å²) in [5.41, 5.74) is 3.12. The number of likely N-dealkylation sites (tertiary alicyclic amines) is 1. The lowest BCUT2D eigenvalue weighted by atomic mass is 10.1. The molecule has 104 valence electrons. The van der Waals surface area contributed by atoms with Crippen molar-refractivity contribution in [2.24, 2.45) is 0 Å². The smallest absolute Gasteiger partial charge is 0.254 e. The number of carbonyl (C=O) groups is 1. The Hall–Kier alpha value is -1.35. The number of nitrogens with zero attached hydrogens (tertiary/aromatic N) is 1. The van der Waals surface area contributed by atoms with Gasteiger partial charge in [-0.1, -0.05) is 17.2 Å². The summed E-state index contributed by atoms with van der Waals surface area (Å²) in [5.74, 6) is 0.172. The van der Waals surface area contributed by atoms with Crippen LogP contribution in [-0.2, 0) is 4.74 Å². The summed E-state index contributed by atoms with van der Waals surface area (Å²) in [6.45, 7) is 5.67. The van der Waals surface area contributed by atoms with Crippen molar-refractivity contribution in [2.45, 2.75) is 39.2 Å². The van der Waals surface area contributed by atoms with Crippen LogP contribution in [0, 0.1) is 13.8 Å². The lowest BCUT2D eigenvalue weighted by molar-refractivity contribution is 0.0703. The number of ether oxygens (including phenoxy) is 1. The van der Waals surface area contributed by atoms with E-state index in [0.717, 1.165) is 49.1 Å². The Morgan fingerprint density at radius 3 is 2.63 bits per heavy atom. The van der Waals surface area contributed by atoms with E-state index in [-0.39, 0.29) is 5.91 Å². The molecule has 0 bridgehead atoms. The van der Waals surface area contributed by atoms with Gasteiger partial charge >= 0.3 is 0 Å². The second-order valence-electron chi connectivity index (χ2n) is 5.45. The number of amides is 1. The number of aryl methyl sites for hydroxylation is 2. The van der Waals surface area contributed by atoms with Crippen LogP contribution in [0.1, 0.15) is 40.7 Å². The van der Waals surface area contributed by atoms with Crippen LogP contribution in [0.3, 0.4) is 0 Å². The van der Waals surface area contributed by atoms with E-state index in [0.29, 0.717) is 6.04 Å². The van der Waals surface area contributed by atoms with E-state index in [1.165, 1.54) is 0 Å². The molecule has 1 atom stereocenters. The molecule has 0 aliphatic carbocycles. The normalized spacial score (nSPS) is 18.9. The van der Waals surface area contributed by atoms with Crippen molar-refractivity contribution in [2.75, 3.05) is 20.3 Å². The molecule has 1 aliphatic heterocycles.